The number of rotatable bonds is 7. The quantitative estimate of drug-likeness (QED) is 0.803. The lowest BCUT2D eigenvalue weighted by atomic mass is 9.74. The van der Waals surface area contributed by atoms with Crippen LogP contribution in [0.25, 0.3) is 0 Å². The summed E-state index contributed by atoms with van der Waals surface area (Å²) in [6.07, 6.45) is 1.82. The van der Waals surface area contributed by atoms with E-state index in [1.807, 2.05) is 30.3 Å². The van der Waals surface area contributed by atoms with Gasteiger partial charge < -0.3 is 14.8 Å². The lowest BCUT2D eigenvalue weighted by Gasteiger charge is -2.38. The van der Waals surface area contributed by atoms with Gasteiger partial charge in [0.2, 0.25) is 0 Å². The minimum Gasteiger partial charge on any atom is -0.484 e. The molecule has 1 N–H and O–H groups in total. The third kappa shape index (κ3) is 5.10. The lowest BCUT2D eigenvalue weighted by Crippen LogP contribution is -2.45. The van der Waals surface area contributed by atoms with Crippen LogP contribution >= 0.6 is 0 Å². The van der Waals surface area contributed by atoms with Crippen LogP contribution in [0.5, 0.6) is 5.75 Å². The van der Waals surface area contributed by atoms with Gasteiger partial charge in [-0.05, 0) is 42.0 Å². The average molecular weight is 367 g/mol. The molecule has 2 aromatic rings. The molecule has 27 heavy (non-hydrogen) atoms. The fraction of sp³-hybridized carbons (Fsp3) is 0.435. The van der Waals surface area contributed by atoms with Gasteiger partial charge in [-0.3, -0.25) is 4.79 Å². The number of benzene rings is 2. The summed E-state index contributed by atoms with van der Waals surface area (Å²) in [6.45, 7) is 6.40. The van der Waals surface area contributed by atoms with E-state index in [9.17, 15) is 4.79 Å². The molecule has 1 aliphatic rings. The second-order valence-electron chi connectivity index (χ2n) is 7.55. The highest BCUT2D eigenvalue weighted by Gasteiger charge is 2.34. The zero-order valence-electron chi connectivity index (χ0n) is 16.2. The zero-order chi connectivity index (χ0) is 19.1. The van der Waals surface area contributed by atoms with Crippen molar-refractivity contribution in [2.75, 3.05) is 26.4 Å². The maximum absolute atomic E-state index is 12.3. The molecule has 0 spiro atoms. The molecule has 0 radical (unpaired) electrons. The molecule has 0 aromatic heterocycles. The Hall–Kier alpha value is -2.33. The molecule has 1 heterocycles. The van der Waals surface area contributed by atoms with Gasteiger partial charge in [-0.1, -0.05) is 56.3 Å². The van der Waals surface area contributed by atoms with E-state index in [0.717, 1.165) is 31.8 Å². The maximum Gasteiger partial charge on any atom is 0.257 e. The van der Waals surface area contributed by atoms with Gasteiger partial charge in [-0.25, -0.2) is 0 Å². The van der Waals surface area contributed by atoms with Crippen LogP contribution in [0.15, 0.2) is 54.6 Å². The topological polar surface area (TPSA) is 47.6 Å². The number of ether oxygens (including phenoxy) is 2. The monoisotopic (exact) mass is 367 g/mol. The summed E-state index contributed by atoms with van der Waals surface area (Å²) in [7, 11) is 0. The van der Waals surface area contributed by atoms with E-state index in [-0.39, 0.29) is 17.9 Å². The van der Waals surface area contributed by atoms with Crippen molar-refractivity contribution in [3.8, 4) is 5.75 Å². The van der Waals surface area contributed by atoms with Crippen molar-refractivity contribution >= 4 is 5.91 Å². The first-order valence-corrected chi connectivity index (χ1v) is 9.72. The smallest absolute Gasteiger partial charge is 0.257 e. The number of hydrogen-bond donors (Lipinski definition) is 1. The number of hydrogen-bond acceptors (Lipinski definition) is 3. The first-order chi connectivity index (χ1) is 13.1. The Labute approximate surface area is 161 Å². The first kappa shape index (κ1) is 19.4. The second kappa shape index (κ2) is 9.05. The van der Waals surface area contributed by atoms with Crippen LogP contribution in [0.3, 0.4) is 0 Å². The minimum atomic E-state index is -0.0928. The van der Waals surface area contributed by atoms with Gasteiger partial charge in [0.15, 0.2) is 6.61 Å². The molecule has 2 aromatic carbocycles. The average Bonchev–Trinajstić information content (AvgIpc) is 2.72. The predicted octanol–water partition coefficient (Wildman–Crippen LogP) is 4.05. The van der Waals surface area contributed by atoms with Crippen LogP contribution in [0, 0.1) is 0 Å². The summed E-state index contributed by atoms with van der Waals surface area (Å²) < 4.78 is 11.2. The fourth-order valence-electron chi connectivity index (χ4n) is 3.54. The SMILES string of the molecule is CC(C)c1ccc(OCC(=O)NCC2(c3ccccc3)CCOCC2)cc1. The van der Waals surface area contributed by atoms with Gasteiger partial charge in [0.1, 0.15) is 5.75 Å². The van der Waals surface area contributed by atoms with Crippen molar-refractivity contribution in [2.45, 2.75) is 38.0 Å². The van der Waals surface area contributed by atoms with Crippen LogP contribution in [-0.4, -0.2) is 32.3 Å². The largest absolute Gasteiger partial charge is 0.484 e. The molecule has 0 bridgehead atoms. The van der Waals surface area contributed by atoms with Crippen molar-refractivity contribution in [3.63, 3.8) is 0 Å². The molecule has 4 nitrogen and oxygen atoms in total. The molecule has 1 amide bonds. The first-order valence-electron chi connectivity index (χ1n) is 9.72. The van der Waals surface area contributed by atoms with Crippen molar-refractivity contribution < 1.29 is 14.3 Å². The molecule has 0 unspecified atom stereocenters. The Kier molecular flexibility index (Phi) is 6.51. The summed E-state index contributed by atoms with van der Waals surface area (Å²) >= 11 is 0. The summed E-state index contributed by atoms with van der Waals surface area (Å²) in [5.41, 5.74) is 2.46. The fourth-order valence-corrected chi connectivity index (χ4v) is 3.54. The summed E-state index contributed by atoms with van der Waals surface area (Å²) in [5, 5.41) is 3.07. The van der Waals surface area contributed by atoms with Gasteiger partial charge in [0, 0.05) is 25.2 Å². The lowest BCUT2D eigenvalue weighted by molar-refractivity contribution is -0.123. The number of amides is 1. The molecule has 3 rings (SSSR count). The van der Waals surface area contributed by atoms with Crippen LogP contribution in [0.4, 0.5) is 0 Å². The van der Waals surface area contributed by atoms with Crippen LogP contribution < -0.4 is 10.1 Å². The molecule has 1 aliphatic heterocycles. The van der Waals surface area contributed by atoms with E-state index < -0.39 is 0 Å². The molecule has 0 atom stereocenters. The normalized spacial score (nSPS) is 16.1. The number of nitrogens with one attached hydrogen (secondary N) is 1. The zero-order valence-corrected chi connectivity index (χ0v) is 16.2. The Balaban J connectivity index is 1.55. The third-order valence-electron chi connectivity index (χ3n) is 5.38. The van der Waals surface area contributed by atoms with E-state index >= 15 is 0 Å². The van der Waals surface area contributed by atoms with E-state index in [1.165, 1.54) is 11.1 Å². The van der Waals surface area contributed by atoms with E-state index in [4.69, 9.17) is 9.47 Å². The van der Waals surface area contributed by atoms with Crippen molar-refractivity contribution in [1.82, 2.24) is 5.32 Å². The summed E-state index contributed by atoms with van der Waals surface area (Å²) in [4.78, 5) is 12.3. The Bertz CT molecular complexity index is 719. The van der Waals surface area contributed by atoms with E-state index in [2.05, 4.69) is 43.4 Å². The Morgan fingerprint density at radius 2 is 1.74 bits per heavy atom. The predicted molar refractivity (Wildman–Crippen MR) is 107 cm³/mol. The van der Waals surface area contributed by atoms with E-state index in [1.54, 1.807) is 0 Å². The van der Waals surface area contributed by atoms with Gasteiger partial charge >= 0.3 is 0 Å². The molecule has 1 fully saturated rings. The van der Waals surface area contributed by atoms with Gasteiger partial charge in [0.05, 0.1) is 0 Å². The van der Waals surface area contributed by atoms with Crippen LogP contribution in [0.2, 0.25) is 0 Å². The summed E-state index contributed by atoms with van der Waals surface area (Å²) in [5.74, 6) is 1.11. The van der Waals surface area contributed by atoms with Crippen molar-refractivity contribution in [1.29, 1.82) is 0 Å². The maximum atomic E-state index is 12.3. The van der Waals surface area contributed by atoms with Crippen LogP contribution in [0.1, 0.15) is 43.7 Å². The standard InChI is InChI=1S/C23H29NO3/c1-18(2)19-8-10-21(11-9-19)27-16-22(25)24-17-23(12-14-26-15-13-23)20-6-4-3-5-7-20/h3-11,18H,12-17H2,1-2H3,(H,24,25). The molecular formula is C23H29NO3. The molecule has 144 valence electrons. The number of carbonyl (C=O) groups is 1. The van der Waals surface area contributed by atoms with Crippen LogP contribution in [-0.2, 0) is 14.9 Å². The highest BCUT2D eigenvalue weighted by atomic mass is 16.5. The molecule has 1 saturated heterocycles. The van der Waals surface area contributed by atoms with E-state index in [0.29, 0.717) is 12.5 Å². The van der Waals surface area contributed by atoms with Gasteiger partial charge in [-0.15, -0.1) is 0 Å². The van der Waals surface area contributed by atoms with Gasteiger partial charge in [0.25, 0.3) is 5.91 Å². The molecular weight excluding hydrogens is 338 g/mol. The minimum absolute atomic E-state index is 0.0302. The summed E-state index contributed by atoms with van der Waals surface area (Å²) in [6, 6.07) is 18.4. The van der Waals surface area contributed by atoms with Crippen molar-refractivity contribution in [2.24, 2.45) is 0 Å². The number of carbonyl (C=O) groups excluding carboxylic acids is 1. The molecule has 0 aliphatic carbocycles. The molecule has 0 saturated carbocycles. The Morgan fingerprint density at radius 3 is 2.37 bits per heavy atom. The third-order valence-corrected chi connectivity index (χ3v) is 5.38. The highest BCUT2D eigenvalue weighted by Crippen LogP contribution is 2.34. The Morgan fingerprint density at radius 1 is 1.07 bits per heavy atom. The van der Waals surface area contributed by atoms with Crippen molar-refractivity contribution in [3.05, 3.63) is 65.7 Å². The molecule has 4 heteroatoms. The highest BCUT2D eigenvalue weighted by molar-refractivity contribution is 5.77. The van der Waals surface area contributed by atoms with Gasteiger partial charge in [-0.2, -0.15) is 0 Å². The second-order valence-corrected chi connectivity index (χ2v) is 7.55.